The van der Waals surface area contributed by atoms with Crippen LogP contribution in [0.4, 0.5) is 0 Å². The molecular weight excluding hydrogens is 248 g/mol. The van der Waals surface area contributed by atoms with E-state index in [1.807, 2.05) is 29.9 Å². The Hall–Kier alpha value is -2.13. The molecule has 20 heavy (non-hydrogen) atoms. The number of hydrogen-bond donors (Lipinski definition) is 1. The van der Waals surface area contributed by atoms with Gasteiger partial charge in [-0.3, -0.25) is 0 Å². The molecule has 0 radical (unpaired) electrons. The fourth-order valence-electron chi connectivity index (χ4n) is 2.51. The van der Waals surface area contributed by atoms with Crippen LogP contribution in [0.15, 0.2) is 54.9 Å². The minimum Gasteiger partial charge on any atom is -0.392 e. The van der Waals surface area contributed by atoms with Gasteiger partial charge in [0.2, 0.25) is 0 Å². The van der Waals surface area contributed by atoms with Gasteiger partial charge in [-0.25, -0.2) is 4.98 Å². The second-order valence-corrected chi connectivity index (χ2v) is 5.20. The Morgan fingerprint density at radius 2 is 1.90 bits per heavy atom. The largest absolute Gasteiger partial charge is 0.392 e. The van der Waals surface area contributed by atoms with E-state index in [0.717, 1.165) is 11.4 Å². The first-order chi connectivity index (χ1) is 9.72. The van der Waals surface area contributed by atoms with Gasteiger partial charge in [0.15, 0.2) is 0 Å². The zero-order valence-electron chi connectivity index (χ0n) is 11.5. The molecule has 0 amide bonds. The first kappa shape index (κ1) is 12.9. The summed E-state index contributed by atoms with van der Waals surface area (Å²) in [7, 11) is 1.95. The fraction of sp³-hybridized carbons (Fsp3) is 0.235. The molecule has 0 spiro atoms. The Morgan fingerprint density at radius 3 is 2.65 bits per heavy atom. The molecule has 1 atom stereocenters. The number of aliphatic hydroxyl groups excluding tert-OH is 1. The summed E-state index contributed by atoms with van der Waals surface area (Å²) in [5.74, 6) is 0.915. The number of rotatable bonds is 4. The summed E-state index contributed by atoms with van der Waals surface area (Å²) in [5, 5.41) is 12.7. The Labute approximate surface area is 118 Å². The number of aliphatic hydroxyl groups is 1. The average molecular weight is 266 g/mol. The van der Waals surface area contributed by atoms with Crippen molar-refractivity contribution >= 4 is 10.8 Å². The van der Waals surface area contributed by atoms with Crippen LogP contribution in [-0.4, -0.2) is 20.8 Å². The predicted molar refractivity (Wildman–Crippen MR) is 80.6 cm³/mol. The number of imidazole rings is 1. The topological polar surface area (TPSA) is 38.0 Å². The lowest BCUT2D eigenvalue weighted by Gasteiger charge is -2.11. The molecule has 1 unspecified atom stereocenters. The van der Waals surface area contributed by atoms with Gasteiger partial charge >= 0.3 is 0 Å². The molecule has 1 heterocycles. The van der Waals surface area contributed by atoms with Crippen LogP contribution in [0.25, 0.3) is 10.8 Å². The standard InChI is InChI=1S/C17H18N2O/c1-19-9-8-18-17(19)12-16(20)11-13-6-7-14-4-2-3-5-15(14)10-13/h2-10,16,20H,11-12H2,1H3. The molecule has 0 aliphatic rings. The minimum atomic E-state index is -0.405. The molecule has 3 aromatic rings. The van der Waals surface area contributed by atoms with Crippen molar-refractivity contribution in [1.29, 1.82) is 0 Å². The van der Waals surface area contributed by atoms with Crippen molar-refractivity contribution in [3.63, 3.8) is 0 Å². The quantitative estimate of drug-likeness (QED) is 0.788. The maximum atomic E-state index is 10.2. The van der Waals surface area contributed by atoms with E-state index < -0.39 is 6.10 Å². The highest BCUT2D eigenvalue weighted by molar-refractivity contribution is 5.82. The van der Waals surface area contributed by atoms with E-state index in [1.54, 1.807) is 6.20 Å². The van der Waals surface area contributed by atoms with Gasteiger partial charge in [-0.05, 0) is 22.8 Å². The van der Waals surface area contributed by atoms with Crippen LogP contribution in [0.3, 0.4) is 0 Å². The Morgan fingerprint density at radius 1 is 1.10 bits per heavy atom. The van der Waals surface area contributed by atoms with Gasteiger partial charge in [-0.2, -0.15) is 0 Å². The fourth-order valence-corrected chi connectivity index (χ4v) is 2.51. The van der Waals surface area contributed by atoms with Gasteiger partial charge in [0, 0.05) is 25.9 Å². The van der Waals surface area contributed by atoms with Gasteiger partial charge in [-0.15, -0.1) is 0 Å². The molecular formula is C17H18N2O. The molecule has 102 valence electrons. The number of nitrogens with zero attached hydrogens (tertiary/aromatic N) is 2. The summed E-state index contributed by atoms with van der Waals surface area (Å²) in [4.78, 5) is 4.25. The van der Waals surface area contributed by atoms with Gasteiger partial charge in [0.25, 0.3) is 0 Å². The Balaban J connectivity index is 1.74. The van der Waals surface area contributed by atoms with Gasteiger partial charge in [0.05, 0.1) is 6.10 Å². The van der Waals surface area contributed by atoms with Crippen LogP contribution in [0, 0.1) is 0 Å². The SMILES string of the molecule is Cn1ccnc1CC(O)Cc1ccc2ccccc2c1. The third kappa shape index (κ3) is 2.73. The van der Waals surface area contributed by atoms with E-state index in [-0.39, 0.29) is 0 Å². The number of aryl methyl sites for hydroxylation is 1. The highest BCUT2D eigenvalue weighted by Gasteiger charge is 2.10. The van der Waals surface area contributed by atoms with E-state index in [0.29, 0.717) is 12.8 Å². The lowest BCUT2D eigenvalue weighted by atomic mass is 10.0. The monoisotopic (exact) mass is 266 g/mol. The summed E-state index contributed by atoms with van der Waals surface area (Å²) in [6.07, 6.45) is 4.49. The van der Waals surface area contributed by atoms with Crippen molar-refractivity contribution in [3.8, 4) is 0 Å². The van der Waals surface area contributed by atoms with Crippen molar-refractivity contribution < 1.29 is 5.11 Å². The molecule has 1 aromatic heterocycles. The van der Waals surface area contributed by atoms with Crippen LogP contribution in [0.1, 0.15) is 11.4 Å². The van der Waals surface area contributed by atoms with Crippen LogP contribution >= 0.6 is 0 Å². The van der Waals surface area contributed by atoms with Crippen LogP contribution in [0.2, 0.25) is 0 Å². The van der Waals surface area contributed by atoms with E-state index >= 15 is 0 Å². The summed E-state index contributed by atoms with van der Waals surface area (Å²) in [5.41, 5.74) is 1.16. The zero-order chi connectivity index (χ0) is 13.9. The molecule has 0 aliphatic carbocycles. The van der Waals surface area contributed by atoms with E-state index in [4.69, 9.17) is 0 Å². The van der Waals surface area contributed by atoms with Crippen molar-refractivity contribution in [3.05, 3.63) is 66.2 Å². The first-order valence-corrected chi connectivity index (χ1v) is 6.84. The highest BCUT2D eigenvalue weighted by atomic mass is 16.3. The number of aromatic nitrogens is 2. The highest BCUT2D eigenvalue weighted by Crippen LogP contribution is 2.17. The molecule has 0 saturated carbocycles. The van der Waals surface area contributed by atoms with Crippen LogP contribution < -0.4 is 0 Å². The molecule has 3 heteroatoms. The lowest BCUT2D eigenvalue weighted by Crippen LogP contribution is -2.16. The number of hydrogen-bond acceptors (Lipinski definition) is 2. The van der Waals surface area contributed by atoms with Gasteiger partial charge in [-0.1, -0.05) is 42.5 Å². The Bertz CT molecular complexity index is 718. The van der Waals surface area contributed by atoms with Crippen LogP contribution in [-0.2, 0) is 19.9 Å². The third-order valence-electron chi connectivity index (χ3n) is 3.62. The van der Waals surface area contributed by atoms with E-state index in [9.17, 15) is 5.11 Å². The third-order valence-corrected chi connectivity index (χ3v) is 3.62. The molecule has 0 saturated heterocycles. The normalized spacial score (nSPS) is 12.7. The second-order valence-electron chi connectivity index (χ2n) is 5.20. The number of fused-ring (bicyclic) bond motifs is 1. The molecule has 0 bridgehead atoms. The van der Waals surface area contributed by atoms with Gasteiger partial charge in [0.1, 0.15) is 5.82 Å². The maximum absolute atomic E-state index is 10.2. The molecule has 0 aliphatic heterocycles. The zero-order valence-corrected chi connectivity index (χ0v) is 11.5. The summed E-state index contributed by atoms with van der Waals surface area (Å²) < 4.78 is 1.95. The molecule has 1 N–H and O–H groups in total. The van der Waals surface area contributed by atoms with Gasteiger partial charge < -0.3 is 9.67 Å². The predicted octanol–water partition coefficient (Wildman–Crippen LogP) is 2.72. The average Bonchev–Trinajstić information content (AvgIpc) is 2.84. The van der Waals surface area contributed by atoms with E-state index in [2.05, 4.69) is 35.3 Å². The molecule has 3 nitrogen and oxygen atoms in total. The number of benzene rings is 2. The summed E-state index contributed by atoms with van der Waals surface area (Å²) >= 11 is 0. The minimum absolute atomic E-state index is 0.405. The van der Waals surface area contributed by atoms with Crippen molar-refractivity contribution in [2.24, 2.45) is 7.05 Å². The Kier molecular flexibility index (Phi) is 3.52. The summed E-state index contributed by atoms with van der Waals surface area (Å²) in [6, 6.07) is 14.6. The molecule has 3 rings (SSSR count). The molecule has 2 aromatic carbocycles. The summed E-state index contributed by atoms with van der Waals surface area (Å²) in [6.45, 7) is 0. The van der Waals surface area contributed by atoms with E-state index in [1.165, 1.54) is 10.8 Å². The van der Waals surface area contributed by atoms with Crippen LogP contribution in [0.5, 0.6) is 0 Å². The maximum Gasteiger partial charge on any atom is 0.110 e. The first-order valence-electron chi connectivity index (χ1n) is 6.84. The van der Waals surface area contributed by atoms with Crippen molar-refractivity contribution in [2.45, 2.75) is 18.9 Å². The van der Waals surface area contributed by atoms with Crippen molar-refractivity contribution in [1.82, 2.24) is 9.55 Å². The van der Waals surface area contributed by atoms with Crippen molar-refractivity contribution in [2.75, 3.05) is 0 Å². The molecule has 0 fully saturated rings. The lowest BCUT2D eigenvalue weighted by molar-refractivity contribution is 0.172. The smallest absolute Gasteiger partial charge is 0.110 e. The second kappa shape index (κ2) is 5.47.